The van der Waals surface area contributed by atoms with Crippen LogP contribution in [0.15, 0.2) is 46.0 Å². The average Bonchev–Trinajstić information content (AvgIpc) is 3.13. The lowest BCUT2D eigenvalue weighted by molar-refractivity contribution is 0.103. The van der Waals surface area contributed by atoms with Gasteiger partial charge < -0.3 is 5.41 Å². The summed E-state index contributed by atoms with van der Waals surface area (Å²) in [4.78, 5) is 20.2. The molecule has 102 valence electrons. The van der Waals surface area contributed by atoms with Gasteiger partial charge in [-0.15, -0.1) is 5.10 Å². The topological polar surface area (TPSA) is 94.8 Å². The molecular weight excluding hydrogens is 268 g/mol. The molecule has 0 aliphatic carbocycles. The van der Waals surface area contributed by atoms with Gasteiger partial charge in [0.25, 0.3) is 0 Å². The molecule has 1 aromatic heterocycles. The molecule has 3 rings (SSSR count). The van der Waals surface area contributed by atoms with Crippen molar-refractivity contribution >= 4 is 23.8 Å². The van der Waals surface area contributed by atoms with E-state index in [9.17, 15) is 4.79 Å². The Hall–Kier alpha value is -3.18. The van der Waals surface area contributed by atoms with E-state index >= 15 is 0 Å². The van der Waals surface area contributed by atoms with Gasteiger partial charge in [0.05, 0.1) is 5.69 Å². The number of aliphatic imine (C=N–C) groups is 2. The maximum atomic E-state index is 12.4. The molecule has 0 amide bonds. The van der Waals surface area contributed by atoms with Crippen molar-refractivity contribution in [1.29, 1.82) is 0 Å². The molecule has 0 radical (unpaired) electrons. The number of benzene rings is 1. The Kier molecular flexibility index (Phi) is 3.10. The van der Waals surface area contributed by atoms with Gasteiger partial charge in [-0.2, -0.15) is 4.68 Å². The van der Waals surface area contributed by atoms with Crippen molar-refractivity contribution in [3.63, 3.8) is 0 Å². The van der Waals surface area contributed by atoms with Crippen LogP contribution in [0.5, 0.6) is 0 Å². The Bertz CT molecular complexity index is 824. The van der Waals surface area contributed by atoms with Crippen molar-refractivity contribution < 1.29 is 4.79 Å². The Balaban J connectivity index is 2.01. The highest BCUT2D eigenvalue weighted by atomic mass is 16.1. The zero-order chi connectivity index (χ0) is 14.8. The van der Waals surface area contributed by atoms with E-state index in [1.54, 1.807) is 31.2 Å². The second kappa shape index (κ2) is 5.07. The lowest BCUT2D eigenvalue weighted by Gasteiger charge is -2.03. The van der Waals surface area contributed by atoms with E-state index in [0.29, 0.717) is 11.3 Å². The molecule has 0 atom stereocenters. The van der Waals surface area contributed by atoms with Crippen molar-refractivity contribution in [1.82, 2.24) is 15.0 Å². The number of hydrogen-bond donors (Lipinski definition) is 0. The van der Waals surface area contributed by atoms with Gasteiger partial charge in [0.2, 0.25) is 5.78 Å². The van der Waals surface area contributed by atoms with Crippen LogP contribution < -0.4 is 0 Å². The average molecular weight is 277 g/mol. The monoisotopic (exact) mass is 277 g/mol. The first-order chi connectivity index (χ1) is 10.2. The van der Waals surface area contributed by atoms with Crippen molar-refractivity contribution in [2.45, 2.75) is 6.92 Å². The van der Waals surface area contributed by atoms with Gasteiger partial charge in [0.15, 0.2) is 11.5 Å². The van der Waals surface area contributed by atoms with E-state index in [0.717, 1.165) is 0 Å². The summed E-state index contributed by atoms with van der Waals surface area (Å²) in [7, 11) is 0. The normalized spacial score (nSPS) is 13.2. The highest BCUT2D eigenvalue weighted by Gasteiger charge is 2.22. The van der Waals surface area contributed by atoms with E-state index in [4.69, 9.17) is 5.41 Å². The number of rotatable bonds is 2. The number of allylic oxidation sites excluding steroid dienone is 1. The summed E-state index contributed by atoms with van der Waals surface area (Å²) in [6, 6.07) is 8.82. The van der Waals surface area contributed by atoms with Crippen LogP contribution in [0.2, 0.25) is 0 Å². The molecule has 1 aliphatic rings. The first-order valence-electron chi connectivity index (χ1n) is 6.12. The predicted molar refractivity (Wildman–Crippen MR) is 77.8 cm³/mol. The minimum Gasteiger partial charge on any atom is -0.761 e. The van der Waals surface area contributed by atoms with E-state index in [-0.39, 0.29) is 23.0 Å². The van der Waals surface area contributed by atoms with Crippen LogP contribution in [0.3, 0.4) is 0 Å². The van der Waals surface area contributed by atoms with Gasteiger partial charge in [-0.25, -0.2) is 15.9 Å². The van der Waals surface area contributed by atoms with Gasteiger partial charge in [0, 0.05) is 5.56 Å². The van der Waals surface area contributed by atoms with E-state index in [1.165, 1.54) is 11.0 Å². The number of ketones is 1. The number of hydrogen-bond acceptors (Lipinski definition) is 5. The second-order valence-electron chi connectivity index (χ2n) is 4.29. The Labute approximate surface area is 119 Å². The Morgan fingerprint density at radius 1 is 1.29 bits per heavy atom. The fourth-order valence-corrected chi connectivity index (χ4v) is 1.96. The smallest absolute Gasteiger partial charge is 0.215 e. The maximum Gasteiger partial charge on any atom is 0.215 e. The minimum absolute atomic E-state index is 0.140. The van der Waals surface area contributed by atoms with Crippen LogP contribution in [0.25, 0.3) is 5.41 Å². The van der Waals surface area contributed by atoms with E-state index in [1.807, 2.05) is 11.9 Å². The predicted octanol–water partition coefficient (Wildman–Crippen LogP) is 1.23. The number of nitrogens with zero attached hydrogens (tertiary/aromatic N) is 6. The third kappa shape index (κ3) is 2.11. The summed E-state index contributed by atoms with van der Waals surface area (Å²) in [5.74, 6) is 1.97. The van der Waals surface area contributed by atoms with Gasteiger partial charge >= 0.3 is 0 Å². The molecule has 2 aromatic rings. The van der Waals surface area contributed by atoms with Crippen molar-refractivity contribution in [2.24, 2.45) is 9.98 Å². The summed E-state index contributed by atoms with van der Waals surface area (Å²) in [5.41, 5.74) is 1.41. The summed E-state index contributed by atoms with van der Waals surface area (Å²) in [5, 5.41) is 16.8. The molecule has 7 nitrogen and oxygen atoms in total. The molecule has 0 saturated heterocycles. The van der Waals surface area contributed by atoms with Gasteiger partial charge in [-0.3, -0.25) is 4.79 Å². The standard InChI is InChI=1S/C14H9N6O/c1-9-12(13(21)10-5-3-2-4-6-10)18-19-20(9)14-11(7-15)16-8-17-14/h2-6,8H,1H3/q-1. The third-order valence-electron chi connectivity index (χ3n) is 3.03. The number of aromatic nitrogens is 3. The lowest BCUT2D eigenvalue weighted by Crippen LogP contribution is -2.16. The van der Waals surface area contributed by atoms with Gasteiger partial charge in [-0.1, -0.05) is 35.5 Å². The third-order valence-corrected chi connectivity index (χ3v) is 3.03. The molecule has 0 N–H and O–H groups in total. The summed E-state index contributed by atoms with van der Waals surface area (Å²) < 4.78 is 1.35. The second-order valence-corrected chi connectivity index (χ2v) is 4.29. The summed E-state index contributed by atoms with van der Waals surface area (Å²) in [6.45, 7) is 1.70. The SMILES string of the molecule is Cc1c(C(=O)c2ccccc2)nnn1C1=NC=NC1=C=[N-]. The lowest BCUT2D eigenvalue weighted by atomic mass is 10.1. The highest BCUT2D eigenvalue weighted by molar-refractivity contribution is 6.14. The van der Waals surface area contributed by atoms with Crippen molar-refractivity contribution in [2.75, 3.05) is 0 Å². The van der Waals surface area contributed by atoms with Gasteiger partial charge in [0.1, 0.15) is 12.0 Å². The largest absolute Gasteiger partial charge is 0.761 e. The molecule has 2 heterocycles. The molecule has 0 spiro atoms. The van der Waals surface area contributed by atoms with Crippen LogP contribution >= 0.6 is 0 Å². The number of carbonyl (C=O) groups excluding carboxylic acids is 1. The molecule has 0 unspecified atom stereocenters. The van der Waals surface area contributed by atoms with Crippen LogP contribution in [0.4, 0.5) is 0 Å². The van der Waals surface area contributed by atoms with Gasteiger partial charge in [-0.05, 0) is 6.92 Å². The zero-order valence-electron chi connectivity index (χ0n) is 11.1. The van der Waals surface area contributed by atoms with Crippen LogP contribution in [-0.4, -0.2) is 38.8 Å². The van der Waals surface area contributed by atoms with Crippen LogP contribution in [0, 0.1) is 6.92 Å². The molecule has 0 saturated carbocycles. The first-order valence-corrected chi connectivity index (χ1v) is 6.12. The molecular formula is C14H9N6O-. The minimum atomic E-state index is -0.225. The Morgan fingerprint density at radius 3 is 2.76 bits per heavy atom. The summed E-state index contributed by atoms with van der Waals surface area (Å²) >= 11 is 0. The van der Waals surface area contributed by atoms with E-state index in [2.05, 4.69) is 20.3 Å². The number of carbonyl (C=O) groups is 1. The molecule has 7 heteroatoms. The Morgan fingerprint density at radius 2 is 2.05 bits per heavy atom. The maximum absolute atomic E-state index is 12.4. The summed E-state index contributed by atoms with van der Waals surface area (Å²) in [6.07, 6.45) is 1.27. The van der Waals surface area contributed by atoms with Crippen molar-refractivity contribution in [3.8, 4) is 0 Å². The fourth-order valence-electron chi connectivity index (χ4n) is 1.96. The molecule has 0 bridgehead atoms. The molecule has 1 aliphatic heterocycles. The van der Waals surface area contributed by atoms with Crippen LogP contribution in [0.1, 0.15) is 21.7 Å². The van der Waals surface area contributed by atoms with Crippen LogP contribution in [-0.2, 0) is 0 Å². The molecule has 1 aromatic carbocycles. The van der Waals surface area contributed by atoms with E-state index < -0.39 is 0 Å². The molecule has 21 heavy (non-hydrogen) atoms. The fraction of sp³-hybridized carbons (Fsp3) is 0.0714. The first kappa shape index (κ1) is 12.8. The molecule has 0 fully saturated rings. The highest BCUT2D eigenvalue weighted by Crippen LogP contribution is 2.14. The quantitative estimate of drug-likeness (QED) is 0.610. The zero-order valence-corrected chi connectivity index (χ0v) is 11.1. The van der Waals surface area contributed by atoms with Crippen molar-refractivity contribution in [3.05, 3.63) is 58.4 Å².